The van der Waals surface area contributed by atoms with Gasteiger partial charge in [-0.2, -0.15) is 11.3 Å². The molecule has 0 saturated carbocycles. The molecule has 0 radical (unpaired) electrons. The van der Waals surface area contributed by atoms with E-state index in [-0.39, 0.29) is 17.0 Å². The highest BCUT2D eigenvalue weighted by Gasteiger charge is 2.18. The molecule has 0 aliphatic heterocycles. The van der Waals surface area contributed by atoms with Gasteiger partial charge in [-0.25, -0.2) is 17.9 Å². The average Bonchev–Trinajstić information content (AvgIpc) is 2.82. The Kier molecular flexibility index (Phi) is 5.02. The molecule has 2 aromatic rings. The third-order valence-corrected chi connectivity index (χ3v) is 6.14. The Morgan fingerprint density at radius 2 is 2.10 bits per heavy atom. The lowest BCUT2D eigenvalue weighted by atomic mass is 10.2. The molecule has 0 bridgehead atoms. The number of nitrogens with one attached hydrogen (secondary N) is 1. The van der Waals surface area contributed by atoms with E-state index >= 15 is 0 Å². The molecule has 2 N–H and O–H groups in total. The van der Waals surface area contributed by atoms with Crippen LogP contribution in [0.1, 0.15) is 21.5 Å². The topological polar surface area (TPSA) is 83.5 Å². The molecule has 0 aliphatic rings. The molecule has 0 fully saturated rings. The molecule has 1 heterocycles. The summed E-state index contributed by atoms with van der Waals surface area (Å²) in [4.78, 5) is 11.0. The van der Waals surface area contributed by atoms with E-state index in [1.165, 1.54) is 29.5 Å². The van der Waals surface area contributed by atoms with Crippen LogP contribution in [0.4, 0.5) is 0 Å². The summed E-state index contributed by atoms with van der Waals surface area (Å²) in [7, 11) is -3.74. The van der Waals surface area contributed by atoms with Crippen molar-refractivity contribution in [2.75, 3.05) is 0 Å². The highest BCUT2D eigenvalue weighted by atomic mass is 127. The maximum atomic E-state index is 12.2. The molecule has 0 spiro atoms. The molecule has 0 atom stereocenters. The normalized spacial score (nSPS) is 11.5. The van der Waals surface area contributed by atoms with Gasteiger partial charge < -0.3 is 5.11 Å². The zero-order valence-corrected chi connectivity index (χ0v) is 14.8. The Balaban J connectivity index is 2.26. The second-order valence-corrected chi connectivity index (χ2v) is 8.02. The first-order valence-corrected chi connectivity index (χ1v) is 9.36. The van der Waals surface area contributed by atoms with Crippen molar-refractivity contribution >= 4 is 49.9 Å². The second kappa shape index (κ2) is 6.42. The van der Waals surface area contributed by atoms with E-state index < -0.39 is 16.0 Å². The van der Waals surface area contributed by atoms with Crippen LogP contribution in [-0.4, -0.2) is 19.5 Å². The van der Waals surface area contributed by atoms with E-state index in [2.05, 4.69) is 4.72 Å². The first-order chi connectivity index (χ1) is 9.81. The van der Waals surface area contributed by atoms with Crippen molar-refractivity contribution in [1.29, 1.82) is 0 Å². The van der Waals surface area contributed by atoms with Crippen molar-refractivity contribution in [2.45, 2.75) is 18.4 Å². The molecule has 0 unspecified atom stereocenters. The first kappa shape index (κ1) is 16.4. The third-order valence-electron chi connectivity index (χ3n) is 2.89. The van der Waals surface area contributed by atoms with E-state index in [0.717, 1.165) is 11.1 Å². The average molecular weight is 437 g/mol. The van der Waals surface area contributed by atoms with Crippen LogP contribution in [0.2, 0.25) is 0 Å². The van der Waals surface area contributed by atoms with Gasteiger partial charge in [-0.05, 0) is 69.6 Å². The lowest BCUT2D eigenvalue weighted by Crippen LogP contribution is -2.23. The summed E-state index contributed by atoms with van der Waals surface area (Å²) in [6, 6.07) is 4.05. The van der Waals surface area contributed by atoms with Gasteiger partial charge >= 0.3 is 5.97 Å². The maximum Gasteiger partial charge on any atom is 0.336 e. The number of hydrogen-bond acceptors (Lipinski definition) is 4. The van der Waals surface area contributed by atoms with Crippen LogP contribution in [0, 0.1) is 10.5 Å². The van der Waals surface area contributed by atoms with Crippen LogP contribution < -0.4 is 4.72 Å². The van der Waals surface area contributed by atoms with Gasteiger partial charge in [-0.3, -0.25) is 0 Å². The standard InChI is InChI=1S/C13H12INO4S2/c1-8-6-20-7-9(8)5-15-21(18,19)10-2-3-12(14)11(4-10)13(16)17/h2-4,6-7,15H,5H2,1H3,(H,16,17). The first-order valence-electron chi connectivity index (χ1n) is 5.85. The summed E-state index contributed by atoms with van der Waals surface area (Å²) in [5.41, 5.74) is 1.91. The van der Waals surface area contributed by atoms with Gasteiger partial charge in [0.25, 0.3) is 0 Å². The van der Waals surface area contributed by atoms with Crippen molar-refractivity contribution in [3.8, 4) is 0 Å². The number of hydrogen-bond donors (Lipinski definition) is 2. The summed E-state index contributed by atoms with van der Waals surface area (Å²) >= 11 is 3.37. The smallest absolute Gasteiger partial charge is 0.336 e. The van der Waals surface area contributed by atoms with Crippen molar-refractivity contribution < 1.29 is 18.3 Å². The van der Waals surface area contributed by atoms with Gasteiger partial charge in [0, 0.05) is 10.1 Å². The number of carboxylic acid groups (broad SMARTS) is 1. The molecule has 21 heavy (non-hydrogen) atoms. The van der Waals surface area contributed by atoms with Crippen LogP contribution in [0.25, 0.3) is 0 Å². The van der Waals surface area contributed by atoms with Crippen LogP contribution in [0.5, 0.6) is 0 Å². The minimum atomic E-state index is -3.74. The maximum absolute atomic E-state index is 12.2. The Labute approximate surface area is 140 Å². The molecule has 0 amide bonds. The minimum Gasteiger partial charge on any atom is -0.478 e. The van der Waals surface area contributed by atoms with Gasteiger partial charge in [0.1, 0.15) is 0 Å². The Morgan fingerprint density at radius 3 is 2.67 bits per heavy atom. The van der Waals surface area contributed by atoms with Gasteiger partial charge in [-0.15, -0.1) is 0 Å². The summed E-state index contributed by atoms with van der Waals surface area (Å²) in [5.74, 6) is -1.15. The zero-order chi connectivity index (χ0) is 15.6. The van der Waals surface area contributed by atoms with Crippen molar-refractivity contribution in [2.24, 2.45) is 0 Å². The van der Waals surface area contributed by atoms with E-state index in [4.69, 9.17) is 5.11 Å². The number of rotatable bonds is 5. The van der Waals surface area contributed by atoms with E-state index in [1.54, 1.807) is 0 Å². The molecule has 1 aromatic carbocycles. The summed E-state index contributed by atoms with van der Waals surface area (Å²) in [5, 5.41) is 12.9. The van der Waals surface area contributed by atoms with Gasteiger partial charge in [0.15, 0.2) is 0 Å². The monoisotopic (exact) mass is 437 g/mol. The Hall–Kier alpha value is -0.970. The molecule has 0 aliphatic carbocycles. The fourth-order valence-corrected chi connectivity index (χ4v) is 4.12. The number of halogens is 1. The largest absolute Gasteiger partial charge is 0.478 e. The molecular weight excluding hydrogens is 425 g/mol. The summed E-state index contributed by atoms with van der Waals surface area (Å²) in [6.07, 6.45) is 0. The molecule has 8 heteroatoms. The Morgan fingerprint density at radius 1 is 1.38 bits per heavy atom. The van der Waals surface area contributed by atoms with Crippen molar-refractivity contribution in [3.05, 3.63) is 49.2 Å². The predicted molar refractivity (Wildman–Crippen MR) is 89.2 cm³/mol. The number of sulfonamides is 1. The van der Waals surface area contributed by atoms with E-state index in [0.29, 0.717) is 3.57 Å². The molecule has 0 saturated heterocycles. The zero-order valence-electron chi connectivity index (χ0n) is 11.0. The van der Waals surface area contributed by atoms with Crippen molar-refractivity contribution in [3.63, 3.8) is 0 Å². The van der Waals surface area contributed by atoms with Crippen molar-refractivity contribution in [1.82, 2.24) is 4.72 Å². The number of thiophene rings is 1. The fourth-order valence-electron chi connectivity index (χ4n) is 1.66. The second-order valence-electron chi connectivity index (χ2n) is 4.35. The fraction of sp³-hybridized carbons (Fsp3) is 0.154. The number of aromatic carboxylic acids is 1. The van der Waals surface area contributed by atoms with Gasteiger partial charge in [-0.1, -0.05) is 0 Å². The van der Waals surface area contributed by atoms with E-state index in [9.17, 15) is 13.2 Å². The number of benzene rings is 1. The van der Waals surface area contributed by atoms with Crippen LogP contribution in [0.3, 0.4) is 0 Å². The van der Waals surface area contributed by atoms with E-state index in [1.807, 2.05) is 40.3 Å². The molecule has 5 nitrogen and oxygen atoms in total. The number of carbonyl (C=O) groups is 1. The quantitative estimate of drug-likeness (QED) is 0.705. The highest BCUT2D eigenvalue weighted by Crippen LogP contribution is 2.19. The summed E-state index contributed by atoms with van der Waals surface area (Å²) in [6.45, 7) is 2.10. The van der Waals surface area contributed by atoms with Crippen LogP contribution >= 0.6 is 33.9 Å². The highest BCUT2D eigenvalue weighted by molar-refractivity contribution is 14.1. The number of carboxylic acids is 1. The Bertz CT molecular complexity index is 783. The lowest BCUT2D eigenvalue weighted by Gasteiger charge is -2.08. The third kappa shape index (κ3) is 3.82. The predicted octanol–water partition coefficient (Wildman–Crippen LogP) is 2.84. The van der Waals surface area contributed by atoms with Crippen LogP contribution in [-0.2, 0) is 16.6 Å². The molecule has 2 rings (SSSR count). The summed E-state index contributed by atoms with van der Waals surface area (Å²) < 4.78 is 27.4. The SMILES string of the molecule is Cc1cscc1CNS(=O)(=O)c1ccc(I)c(C(=O)O)c1. The molecule has 112 valence electrons. The number of aryl methyl sites for hydroxylation is 1. The van der Waals surface area contributed by atoms with Crippen LogP contribution in [0.15, 0.2) is 33.9 Å². The lowest BCUT2D eigenvalue weighted by molar-refractivity contribution is 0.0695. The molecule has 1 aromatic heterocycles. The van der Waals surface area contributed by atoms with Gasteiger partial charge in [0.05, 0.1) is 10.5 Å². The minimum absolute atomic E-state index is 0.0230. The molecular formula is C13H12INO4S2. The van der Waals surface area contributed by atoms with Gasteiger partial charge in [0.2, 0.25) is 10.0 Å².